The van der Waals surface area contributed by atoms with Gasteiger partial charge in [-0.1, -0.05) is 189 Å². The Hall–Kier alpha value is -8.75. The molecule has 4 heterocycles. The van der Waals surface area contributed by atoms with Gasteiger partial charge in [-0.3, -0.25) is 0 Å². The molecular formula is C73H51B2NO4S2. The van der Waals surface area contributed by atoms with Crippen LogP contribution in [0.5, 0.6) is 46.0 Å². The highest BCUT2D eigenvalue weighted by atomic mass is 32.2. The fourth-order valence-corrected chi connectivity index (χ4v) is 17.4. The third-order valence-electron chi connectivity index (χ3n) is 18.1. The van der Waals surface area contributed by atoms with Crippen molar-refractivity contribution in [2.45, 2.75) is 65.0 Å². The lowest BCUT2D eigenvalue weighted by molar-refractivity contribution is 0.465. The van der Waals surface area contributed by atoms with Gasteiger partial charge in [0.05, 0.1) is 5.69 Å². The van der Waals surface area contributed by atoms with Gasteiger partial charge in [-0.2, -0.15) is 0 Å². The fourth-order valence-electron chi connectivity index (χ4n) is 14.6. The molecule has 2 aliphatic carbocycles. The number of hydrogen-bond acceptors (Lipinski definition) is 7. The molecule has 0 atom stereocenters. The summed E-state index contributed by atoms with van der Waals surface area (Å²) in [5.74, 6) is 7.00. The number of benzene rings is 11. The predicted molar refractivity (Wildman–Crippen MR) is 337 cm³/mol. The molecule has 11 aromatic rings. The highest BCUT2D eigenvalue weighted by Gasteiger charge is 2.52. The average Bonchev–Trinajstić information content (AvgIpc) is 3.44. The zero-order chi connectivity index (χ0) is 54.8. The van der Waals surface area contributed by atoms with Gasteiger partial charge in [0.1, 0.15) is 46.0 Å². The number of ether oxygens (including phenoxy) is 4. The van der Waals surface area contributed by atoms with Gasteiger partial charge < -0.3 is 23.8 Å². The van der Waals surface area contributed by atoms with Crippen LogP contribution in [-0.4, -0.2) is 13.4 Å². The summed E-state index contributed by atoms with van der Waals surface area (Å²) < 4.78 is 28.0. The van der Waals surface area contributed by atoms with Gasteiger partial charge in [-0.25, -0.2) is 0 Å². The second-order valence-corrected chi connectivity index (χ2v) is 25.5. The van der Waals surface area contributed by atoms with Gasteiger partial charge in [0.25, 0.3) is 13.4 Å². The van der Waals surface area contributed by atoms with E-state index in [0.717, 1.165) is 57.4 Å². The molecule has 0 aromatic heterocycles. The van der Waals surface area contributed by atoms with Gasteiger partial charge in [0, 0.05) is 52.9 Å². The smallest absolute Gasteiger partial charge is 0.254 e. The van der Waals surface area contributed by atoms with Gasteiger partial charge in [-0.05, 0) is 159 Å². The first-order chi connectivity index (χ1) is 40.1. The summed E-state index contributed by atoms with van der Waals surface area (Å²) in [6.07, 6.45) is 0. The van der Waals surface area contributed by atoms with Crippen LogP contribution in [0.15, 0.2) is 238 Å². The molecule has 0 spiro atoms. The molecule has 5 nitrogen and oxygen atoms in total. The van der Waals surface area contributed by atoms with E-state index in [4.69, 9.17) is 18.9 Å². The van der Waals surface area contributed by atoms with Crippen molar-refractivity contribution in [2.24, 2.45) is 0 Å². The molecule has 0 saturated carbocycles. The summed E-state index contributed by atoms with van der Waals surface area (Å²) in [7, 11) is 0. The van der Waals surface area contributed by atoms with E-state index in [1.54, 1.807) is 0 Å². The number of anilines is 3. The van der Waals surface area contributed by atoms with Crippen molar-refractivity contribution in [1.82, 2.24) is 0 Å². The molecule has 82 heavy (non-hydrogen) atoms. The summed E-state index contributed by atoms with van der Waals surface area (Å²) in [5.41, 5.74) is 21.0. The lowest BCUT2D eigenvalue weighted by atomic mass is 9.31. The Bertz CT molecular complexity index is 4270. The summed E-state index contributed by atoms with van der Waals surface area (Å²) >= 11 is 3.82. The molecule has 11 aromatic carbocycles. The van der Waals surface area contributed by atoms with E-state index < -0.39 is 10.8 Å². The molecule has 6 aliphatic rings. The van der Waals surface area contributed by atoms with Crippen molar-refractivity contribution in [3.05, 3.63) is 246 Å². The molecule has 0 N–H and O–H groups in total. The van der Waals surface area contributed by atoms with Crippen molar-refractivity contribution in [3.8, 4) is 68.2 Å². The molecular weight excluding hydrogens is 1040 g/mol. The van der Waals surface area contributed by atoms with Crippen LogP contribution in [-0.2, 0) is 10.8 Å². The van der Waals surface area contributed by atoms with E-state index in [0.29, 0.717) is 0 Å². The summed E-state index contributed by atoms with van der Waals surface area (Å²) in [6, 6.07) is 78.0. The Morgan fingerprint density at radius 2 is 0.793 bits per heavy atom. The second-order valence-electron chi connectivity index (χ2n) is 23.4. The van der Waals surface area contributed by atoms with Gasteiger partial charge in [-0.15, -0.1) is 0 Å². The highest BCUT2D eigenvalue weighted by molar-refractivity contribution is 8.01. The van der Waals surface area contributed by atoms with E-state index in [1.165, 1.54) is 108 Å². The van der Waals surface area contributed by atoms with E-state index in [9.17, 15) is 0 Å². The van der Waals surface area contributed by atoms with Crippen LogP contribution in [0.2, 0.25) is 0 Å². The zero-order valence-electron chi connectivity index (χ0n) is 45.8. The highest BCUT2D eigenvalue weighted by Crippen LogP contribution is 2.60. The topological polar surface area (TPSA) is 40.2 Å². The molecule has 390 valence electrons. The molecule has 0 saturated heterocycles. The maximum atomic E-state index is 7.45. The Balaban J connectivity index is 0.938. The minimum Gasteiger partial charge on any atom is -0.458 e. The van der Waals surface area contributed by atoms with Crippen LogP contribution in [0.3, 0.4) is 0 Å². The van der Waals surface area contributed by atoms with E-state index in [2.05, 4.69) is 197 Å². The number of fused-ring (bicyclic) bond motifs is 16. The predicted octanol–water partition coefficient (Wildman–Crippen LogP) is 15.8. The third-order valence-corrected chi connectivity index (χ3v) is 20.5. The van der Waals surface area contributed by atoms with Crippen LogP contribution >= 0.6 is 23.5 Å². The maximum Gasteiger partial charge on any atom is 0.254 e. The Morgan fingerprint density at radius 3 is 1.22 bits per heavy atom. The first kappa shape index (κ1) is 48.0. The number of hydrogen-bond donors (Lipinski definition) is 0. The molecule has 4 aliphatic heterocycles. The normalized spacial score (nSPS) is 14.9. The number of para-hydroxylation sites is 6. The van der Waals surface area contributed by atoms with E-state index >= 15 is 0 Å². The fraction of sp³-hybridized carbons (Fsp3) is 0.0959. The van der Waals surface area contributed by atoms with Gasteiger partial charge in [0.15, 0.2) is 0 Å². The molecule has 0 bridgehead atoms. The van der Waals surface area contributed by atoms with Crippen LogP contribution in [0, 0.1) is 6.92 Å². The van der Waals surface area contributed by atoms with Crippen molar-refractivity contribution in [3.63, 3.8) is 0 Å². The number of rotatable bonds is 7. The van der Waals surface area contributed by atoms with Crippen LogP contribution in [0.1, 0.15) is 55.5 Å². The van der Waals surface area contributed by atoms with Crippen molar-refractivity contribution in [1.29, 1.82) is 0 Å². The van der Waals surface area contributed by atoms with Gasteiger partial charge in [0.2, 0.25) is 0 Å². The standard InChI is InChI=1S/C73H51B2NO4S2/c1-42-63-70(81-59-40-51-49-36-34-47(77-45-26-14-8-15-27-45)38-53(49)72(2,3)61(51)68-65(59)74(63)55-30-18-20-32-57(55)79-68)67(76(43-22-10-6-11-23-43)44-24-12-7-13-25-44)71-64(42)75-56-31-19-21-33-58(56)80-69-62-52(41-60(82-71)66(69)75)50-37-35-48(39-54(50)73(62,4)5)78-46-28-16-9-17-29-46/h6-41H,1-5H3. The molecule has 0 fully saturated rings. The summed E-state index contributed by atoms with van der Waals surface area (Å²) in [6.45, 7) is 11.6. The largest absolute Gasteiger partial charge is 0.458 e. The lowest BCUT2D eigenvalue weighted by Gasteiger charge is -2.43. The first-order valence-electron chi connectivity index (χ1n) is 28.3. The van der Waals surface area contributed by atoms with E-state index in [1.807, 2.05) is 84.2 Å². The van der Waals surface area contributed by atoms with Crippen molar-refractivity contribution < 1.29 is 18.9 Å². The van der Waals surface area contributed by atoms with Gasteiger partial charge >= 0.3 is 0 Å². The average molecular weight is 1090 g/mol. The van der Waals surface area contributed by atoms with Crippen LogP contribution in [0.25, 0.3) is 22.3 Å². The summed E-state index contributed by atoms with van der Waals surface area (Å²) in [5, 5.41) is 0. The molecule has 0 radical (unpaired) electrons. The minimum atomic E-state index is -0.410. The summed E-state index contributed by atoms with van der Waals surface area (Å²) in [4.78, 5) is 7.48. The minimum absolute atomic E-state index is 0.146. The molecule has 17 rings (SSSR count). The van der Waals surface area contributed by atoms with Crippen molar-refractivity contribution in [2.75, 3.05) is 4.90 Å². The van der Waals surface area contributed by atoms with Crippen molar-refractivity contribution >= 4 is 86.8 Å². The lowest BCUT2D eigenvalue weighted by Crippen LogP contribution is -2.64. The Labute approximate surface area is 487 Å². The molecule has 0 unspecified atom stereocenters. The zero-order valence-corrected chi connectivity index (χ0v) is 47.5. The van der Waals surface area contributed by atoms with Crippen LogP contribution < -0.4 is 56.6 Å². The first-order valence-corrected chi connectivity index (χ1v) is 29.9. The Kier molecular flexibility index (Phi) is 10.3. The maximum absolute atomic E-state index is 7.45. The Morgan fingerprint density at radius 1 is 0.402 bits per heavy atom. The quantitative estimate of drug-likeness (QED) is 0.147. The molecule has 9 heteroatoms. The number of nitrogens with zero attached hydrogens (tertiary/aromatic N) is 1. The SMILES string of the molecule is Cc1c2c(c(N(c3ccccc3)c3ccccc3)c3c1B1c4ccccc4Oc4c1c(cc1c4C(C)(C)c4cc(Oc5ccccc5)ccc4-1)S3)Sc1cc3c(c4c1B2c1ccccc1O4)C(C)(C)c1cc(Oc2ccccc2)ccc1-3. The monoisotopic (exact) mass is 1090 g/mol. The van der Waals surface area contributed by atoms with E-state index in [-0.39, 0.29) is 13.4 Å². The molecule has 0 amide bonds. The third kappa shape index (κ3) is 6.81. The second kappa shape index (κ2) is 17.6. The van der Waals surface area contributed by atoms with Crippen LogP contribution in [0.4, 0.5) is 17.1 Å².